The Balaban J connectivity index is 0.00000169. The Labute approximate surface area is 88.1 Å². The van der Waals surface area contributed by atoms with Crippen LogP contribution in [0, 0.1) is 5.82 Å². The lowest BCUT2D eigenvalue weighted by molar-refractivity contribution is 0.264. The van der Waals surface area contributed by atoms with Crippen molar-refractivity contribution in [2.45, 2.75) is 6.04 Å². The van der Waals surface area contributed by atoms with Gasteiger partial charge in [0.25, 0.3) is 0 Å². The highest BCUT2D eigenvalue weighted by Crippen LogP contribution is 2.23. The molecular formula is C9H13ClFNO2. The van der Waals surface area contributed by atoms with Gasteiger partial charge in [0.05, 0.1) is 19.8 Å². The van der Waals surface area contributed by atoms with Gasteiger partial charge in [-0.1, -0.05) is 12.1 Å². The first-order chi connectivity index (χ1) is 6.20. The number of aliphatic hydroxyl groups excluding tert-OH is 1. The maximum absolute atomic E-state index is 13.4. The van der Waals surface area contributed by atoms with Crippen LogP contribution in [-0.2, 0) is 0 Å². The number of methoxy groups -OCH3 is 1. The van der Waals surface area contributed by atoms with E-state index in [1.54, 1.807) is 6.07 Å². The number of aliphatic hydroxyl groups is 1. The van der Waals surface area contributed by atoms with E-state index in [0.29, 0.717) is 0 Å². The minimum atomic E-state index is -0.699. The standard InChI is InChI=1S/C9H12FNO2.ClH/c1-13-8-4-2-3-6(9(8)10)7(11)5-12;/h2-4,7,12H,5,11H2,1H3;1H/t7-;/m1./s1. The monoisotopic (exact) mass is 221 g/mol. The SMILES string of the molecule is COc1cccc([C@H](N)CO)c1F.Cl. The first kappa shape index (κ1) is 13.2. The Bertz CT molecular complexity index is 296. The molecule has 1 aromatic rings. The highest BCUT2D eigenvalue weighted by molar-refractivity contribution is 5.85. The number of rotatable bonds is 3. The van der Waals surface area contributed by atoms with Crippen LogP contribution in [-0.4, -0.2) is 18.8 Å². The molecule has 0 bridgehead atoms. The molecule has 0 aromatic heterocycles. The maximum Gasteiger partial charge on any atom is 0.169 e. The van der Waals surface area contributed by atoms with Crippen LogP contribution in [0.3, 0.4) is 0 Å². The van der Waals surface area contributed by atoms with Crippen LogP contribution in [0.2, 0.25) is 0 Å². The summed E-state index contributed by atoms with van der Waals surface area (Å²) in [6.07, 6.45) is 0. The van der Waals surface area contributed by atoms with Gasteiger partial charge in [-0.25, -0.2) is 4.39 Å². The van der Waals surface area contributed by atoms with E-state index in [1.165, 1.54) is 19.2 Å². The molecular weight excluding hydrogens is 209 g/mol. The number of ether oxygens (including phenoxy) is 1. The molecule has 0 radical (unpaired) electrons. The largest absolute Gasteiger partial charge is 0.494 e. The lowest BCUT2D eigenvalue weighted by atomic mass is 10.1. The van der Waals surface area contributed by atoms with Crippen molar-refractivity contribution in [2.75, 3.05) is 13.7 Å². The number of hydrogen-bond acceptors (Lipinski definition) is 3. The molecule has 0 fully saturated rings. The normalized spacial score (nSPS) is 11.7. The third-order valence-corrected chi connectivity index (χ3v) is 1.81. The molecule has 5 heteroatoms. The van der Waals surface area contributed by atoms with Crippen LogP contribution in [0.25, 0.3) is 0 Å². The maximum atomic E-state index is 13.4. The second kappa shape index (κ2) is 5.80. The highest BCUT2D eigenvalue weighted by Gasteiger charge is 2.13. The third-order valence-electron chi connectivity index (χ3n) is 1.81. The fraction of sp³-hybridized carbons (Fsp3) is 0.333. The lowest BCUT2D eigenvalue weighted by Gasteiger charge is -2.11. The predicted molar refractivity (Wildman–Crippen MR) is 54.2 cm³/mol. The van der Waals surface area contributed by atoms with Gasteiger partial charge in [0, 0.05) is 5.56 Å². The van der Waals surface area contributed by atoms with E-state index in [4.69, 9.17) is 15.6 Å². The summed E-state index contributed by atoms with van der Waals surface area (Å²) < 4.78 is 18.2. The van der Waals surface area contributed by atoms with Crippen molar-refractivity contribution in [1.82, 2.24) is 0 Å². The molecule has 0 saturated heterocycles. The molecule has 3 N–H and O–H groups in total. The van der Waals surface area contributed by atoms with Crippen LogP contribution in [0.4, 0.5) is 4.39 Å². The summed E-state index contributed by atoms with van der Waals surface area (Å²) in [5.41, 5.74) is 5.74. The smallest absolute Gasteiger partial charge is 0.169 e. The van der Waals surface area contributed by atoms with Crippen molar-refractivity contribution in [3.63, 3.8) is 0 Å². The van der Waals surface area contributed by atoms with E-state index in [2.05, 4.69) is 0 Å². The highest BCUT2D eigenvalue weighted by atomic mass is 35.5. The minimum Gasteiger partial charge on any atom is -0.494 e. The molecule has 0 aliphatic heterocycles. The summed E-state index contributed by atoms with van der Waals surface area (Å²) in [6.45, 7) is -0.288. The molecule has 0 spiro atoms. The van der Waals surface area contributed by atoms with Gasteiger partial charge in [-0.15, -0.1) is 12.4 Å². The van der Waals surface area contributed by atoms with E-state index in [9.17, 15) is 4.39 Å². The quantitative estimate of drug-likeness (QED) is 0.808. The number of halogens is 2. The van der Waals surface area contributed by atoms with Gasteiger partial charge < -0.3 is 15.6 Å². The van der Waals surface area contributed by atoms with Gasteiger partial charge in [-0.2, -0.15) is 0 Å². The van der Waals surface area contributed by atoms with E-state index in [0.717, 1.165) is 0 Å². The van der Waals surface area contributed by atoms with Crippen molar-refractivity contribution in [3.05, 3.63) is 29.6 Å². The second-order valence-electron chi connectivity index (χ2n) is 2.65. The van der Waals surface area contributed by atoms with Crippen molar-refractivity contribution >= 4 is 12.4 Å². The van der Waals surface area contributed by atoms with E-state index in [1.807, 2.05) is 0 Å². The summed E-state index contributed by atoms with van der Waals surface area (Å²) in [5, 5.41) is 8.74. The summed E-state index contributed by atoms with van der Waals surface area (Å²) in [5.74, 6) is -0.368. The molecule has 14 heavy (non-hydrogen) atoms. The van der Waals surface area contributed by atoms with E-state index in [-0.39, 0.29) is 30.3 Å². The van der Waals surface area contributed by atoms with Crippen LogP contribution in [0.15, 0.2) is 18.2 Å². The molecule has 80 valence electrons. The lowest BCUT2D eigenvalue weighted by Crippen LogP contribution is -2.16. The molecule has 0 saturated carbocycles. The fourth-order valence-corrected chi connectivity index (χ4v) is 1.07. The van der Waals surface area contributed by atoms with Crippen molar-refractivity contribution in [2.24, 2.45) is 5.73 Å². The zero-order valence-electron chi connectivity index (χ0n) is 7.74. The Kier molecular flexibility index (Phi) is 5.45. The number of hydrogen-bond donors (Lipinski definition) is 2. The molecule has 3 nitrogen and oxygen atoms in total. The average molecular weight is 222 g/mol. The van der Waals surface area contributed by atoms with Gasteiger partial charge in [0.1, 0.15) is 0 Å². The second-order valence-corrected chi connectivity index (χ2v) is 2.65. The van der Waals surface area contributed by atoms with Crippen LogP contribution < -0.4 is 10.5 Å². The summed E-state index contributed by atoms with van der Waals surface area (Å²) in [4.78, 5) is 0. The first-order valence-electron chi connectivity index (χ1n) is 3.89. The molecule has 0 aliphatic carbocycles. The topological polar surface area (TPSA) is 55.5 Å². The van der Waals surface area contributed by atoms with Gasteiger partial charge >= 0.3 is 0 Å². The zero-order chi connectivity index (χ0) is 9.84. The van der Waals surface area contributed by atoms with E-state index < -0.39 is 11.9 Å². The molecule has 0 amide bonds. The number of benzene rings is 1. The predicted octanol–water partition coefficient (Wildman–Crippen LogP) is 1.25. The fourth-order valence-electron chi connectivity index (χ4n) is 1.07. The van der Waals surface area contributed by atoms with Gasteiger partial charge in [0.15, 0.2) is 11.6 Å². The Morgan fingerprint density at radius 3 is 2.71 bits per heavy atom. The summed E-state index contributed by atoms with van der Waals surface area (Å²) >= 11 is 0. The summed E-state index contributed by atoms with van der Waals surface area (Å²) in [6, 6.07) is 3.96. The van der Waals surface area contributed by atoms with Crippen molar-refractivity contribution in [1.29, 1.82) is 0 Å². The molecule has 1 atom stereocenters. The van der Waals surface area contributed by atoms with Gasteiger partial charge in [-0.3, -0.25) is 0 Å². The molecule has 0 unspecified atom stereocenters. The molecule has 1 aromatic carbocycles. The summed E-state index contributed by atoms with van der Waals surface area (Å²) in [7, 11) is 1.38. The van der Waals surface area contributed by atoms with Crippen LogP contribution in [0.1, 0.15) is 11.6 Å². The zero-order valence-corrected chi connectivity index (χ0v) is 8.55. The molecule has 0 aliphatic rings. The molecule has 1 rings (SSSR count). The number of nitrogens with two attached hydrogens (primary N) is 1. The Hall–Kier alpha value is -0.840. The van der Waals surface area contributed by atoms with Gasteiger partial charge in [0.2, 0.25) is 0 Å². The van der Waals surface area contributed by atoms with Crippen molar-refractivity contribution in [3.8, 4) is 5.75 Å². The van der Waals surface area contributed by atoms with E-state index >= 15 is 0 Å². The van der Waals surface area contributed by atoms with Crippen molar-refractivity contribution < 1.29 is 14.2 Å². The third kappa shape index (κ3) is 2.57. The first-order valence-corrected chi connectivity index (χ1v) is 3.89. The Morgan fingerprint density at radius 1 is 1.57 bits per heavy atom. The average Bonchev–Trinajstić information content (AvgIpc) is 2.17. The van der Waals surface area contributed by atoms with Crippen LogP contribution in [0.5, 0.6) is 5.75 Å². The Morgan fingerprint density at radius 2 is 2.21 bits per heavy atom. The minimum absolute atomic E-state index is 0. The van der Waals surface area contributed by atoms with Crippen LogP contribution >= 0.6 is 12.4 Å². The molecule has 0 heterocycles. The van der Waals surface area contributed by atoms with Gasteiger partial charge in [-0.05, 0) is 6.07 Å².